The number of nitrogens with one attached hydrogen (secondary N) is 1. The Morgan fingerprint density at radius 2 is 2.05 bits per heavy atom. The quantitative estimate of drug-likeness (QED) is 0.795. The number of hydrogen-bond donors (Lipinski definition) is 2. The zero-order chi connectivity index (χ0) is 15.9. The fraction of sp³-hybridized carbons (Fsp3) is 0.267. The fourth-order valence-electron chi connectivity index (χ4n) is 1.75. The Labute approximate surface area is 132 Å². The Bertz CT molecular complexity index is 652. The van der Waals surface area contributed by atoms with Gasteiger partial charge < -0.3 is 15.8 Å². The average Bonchev–Trinajstić information content (AvgIpc) is 2.97. The van der Waals surface area contributed by atoms with Gasteiger partial charge in [-0.2, -0.15) is 0 Å². The molecule has 0 bridgehead atoms. The van der Waals surface area contributed by atoms with Crippen molar-refractivity contribution in [2.75, 3.05) is 18.5 Å². The van der Waals surface area contributed by atoms with Gasteiger partial charge in [0.1, 0.15) is 5.69 Å². The van der Waals surface area contributed by atoms with Crippen LogP contribution in [0.25, 0.3) is 0 Å². The van der Waals surface area contributed by atoms with Crippen LogP contribution in [0, 0.1) is 0 Å². The molecule has 0 radical (unpaired) electrons. The highest BCUT2D eigenvalue weighted by Crippen LogP contribution is 2.14. The van der Waals surface area contributed by atoms with Crippen molar-refractivity contribution in [2.24, 2.45) is 5.73 Å². The number of esters is 1. The molecule has 2 rings (SSSR count). The van der Waals surface area contributed by atoms with Crippen molar-refractivity contribution in [1.82, 2.24) is 4.98 Å². The highest BCUT2D eigenvalue weighted by atomic mass is 32.1. The van der Waals surface area contributed by atoms with Gasteiger partial charge in [-0.15, -0.1) is 11.3 Å². The number of ether oxygens (including phenoxy) is 1. The summed E-state index contributed by atoms with van der Waals surface area (Å²) in [5.74, 6) is -0.672. The number of nitrogens with zero attached hydrogens (tertiary/aromatic N) is 1. The lowest BCUT2D eigenvalue weighted by Crippen LogP contribution is -2.13. The number of carbonyl (C=O) groups excluding carboxylic acids is 2. The van der Waals surface area contributed by atoms with Gasteiger partial charge >= 0.3 is 5.97 Å². The highest BCUT2D eigenvalue weighted by Gasteiger charge is 2.11. The molecule has 116 valence electrons. The van der Waals surface area contributed by atoms with E-state index in [4.69, 9.17) is 10.5 Å². The first kappa shape index (κ1) is 16.1. The van der Waals surface area contributed by atoms with Crippen LogP contribution in [-0.2, 0) is 11.2 Å². The second kappa shape index (κ2) is 7.67. The van der Waals surface area contributed by atoms with Crippen molar-refractivity contribution >= 4 is 28.9 Å². The van der Waals surface area contributed by atoms with Crippen LogP contribution in [0.2, 0.25) is 0 Å². The number of rotatable bonds is 6. The topological polar surface area (TPSA) is 94.3 Å². The van der Waals surface area contributed by atoms with Gasteiger partial charge in [-0.25, -0.2) is 9.78 Å². The zero-order valence-electron chi connectivity index (χ0n) is 12.2. The molecule has 0 aliphatic heterocycles. The van der Waals surface area contributed by atoms with Crippen LogP contribution in [0.4, 0.5) is 5.69 Å². The minimum absolute atomic E-state index is 0.289. The van der Waals surface area contributed by atoms with E-state index in [-0.39, 0.29) is 11.9 Å². The molecule has 0 saturated carbocycles. The van der Waals surface area contributed by atoms with Gasteiger partial charge in [0.05, 0.1) is 17.2 Å². The molecular formula is C15H17N3O3S. The molecule has 1 amide bonds. The van der Waals surface area contributed by atoms with Gasteiger partial charge in [-0.3, -0.25) is 4.79 Å². The van der Waals surface area contributed by atoms with E-state index in [1.165, 1.54) is 11.3 Å². The smallest absolute Gasteiger partial charge is 0.338 e. The third-order valence-electron chi connectivity index (χ3n) is 2.80. The summed E-state index contributed by atoms with van der Waals surface area (Å²) in [5, 5.41) is 5.27. The van der Waals surface area contributed by atoms with Gasteiger partial charge in [0.2, 0.25) is 0 Å². The Hall–Kier alpha value is -2.25. The number of benzene rings is 1. The number of anilines is 1. The Morgan fingerprint density at radius 3 is 2.68 bits per heavy atom. The van der Waals surface area contributed by atoms with E-state index >= 15 is 0 Å². The van der Waals surface area contributed by atoms with Crippen molar-refractivity contribution in [3.8, 4) is 0 Å². The van der Waals surface area contributed by atoms with E-state index in [2.05, 4.69) is 10.3 Å². The molecular weight excluding hydrogens is 302 g/mol. The molecule has 1 aromatic carbocycles. The van der Waals surface area contributed by atoms with Gasteiger partial charge in [0.25, 0.3) is 5.91 Å². The molecule has 0 aliphatic rings. The van der Waals surface area contributed by atoms with Crippen molar-refractivity contribution in [3.63, 3.8) is 0 Å². The summed E-state index contributed by atoms with van der Waals surface area (Å²) in [6.45, 7) is 2.58. The third kappa shape index (κ3) is 4.12. The molecule has 0 aliphatic carbocycles. The predicted octanol–water partition coefficient (Wildman–Crippen LogP) is 2.07. The maximum Gasteiger partial charge on any atom is 0.338 e. The molecule has 1 aromatic heterocycles. The van der Waals surface area contributed by atoms with Crippen molar-refractivity contribution < 1.29 is 14.3 Å². The molecule has 0 unspecified atom stereocenters. The molecule has 0 fully saturated rings. The molecule has 1 heterocycles. The van der Waals surface area contributed by atoms with Crippen LogP contribution in [-0.4, -0.2) is 30.0 Å². The summed E-state index contributed by atoms with van der Waals surface area (Å²) in [6, 6.07) is 6.51. The van der Waals surface area contributed by atoms with E-state index < -0.39 is 0 Å². The monoisotopic (exact) mass is 319 g/mol. The minimum Gasteiger partial charge on any atom is -0.462 e. The van der Waals surface area contributed by atoms with E-state index in [1.54, 1.807) is 36.6 Å². The second-order valence-electron chi connectivity index (χ2n) is 4.42. The van der Waals surface area contributed by atoms with Crippen LogP contribution in [0.5, 0.6) is 0 Å². The Morgan fingerprint density at radius 1 is 1.32 bits per heavy atom. The molecule has 22 heavy (non-hydrogen) atoms. The lowest BCUT2D eigenvalue weighted by molar-refractivity contribution is 0.0526. The third-order valence-corrected chi connectivity index (χ3v) is 3.71. The molecule has 6 nitrogen and oxygen atoms in total. The van der Waals surface area contributed by atoms with Crippen LogP contribution < -0.4 is 11.1 Å². The van der Waals surface area contributed by atoms with E-state index in [9.17, 15) is 9.59 Å². The normalized spacial score (nSPS) is 10.3. The number of hydrogen-bond acceptors (Lipinski definition) is 6. The number of thiazole rings is 1. The van der Waals surface area contributed by atoms with E-state index in [0.717, 1.165) is 5.01 Å². The first-order valence-corrected chi connectivity index (χ1v) is 7.75. The Kier molecular flexibility index (Phi) is 5.62. The first-order valence-electron chi connectivity index (χ1n) is 6.87. The van der Waals surface area contributed by atoms with Gasteiger partial charge in [0, 0.05) is 17.5 Å². The van der Waals surface area contributed by atoms with Crippen molar-refractivity contribution in [1.29, 1.82) is 0 Å². The summed E-state index contributed by atoms with van der Waals surface area (Å²) in [4.78, 5) is 27.8. The van der Waals surface area contributed by atoms with Crippen LogP contribution >= 0.6 is 11.3 Å². The van der Waals surface area contributed by atoms with Gasteiger partial charge in [-0.1, -0.05) is 0 Å². The molecule has 7 heteroatoms. The average molecular weight is 319 g/mol. The van der Waals surface area contributed by atoms with Crippen LogP contribution in [0.3, 0.4) is 0 Å². The number of carbonyl (C=O) groups is 2. The summed E-state index contributed by atoms with van der Waals surface area (Å²) in [7, 11) is 0. The highest BCUT2D eigenvalue weighted by molar-refractivity contribution is 7.09. The van der Waals surface area contributed by atoms with E-state index in [0.29, 0.717) is 36.5 Å². The molecule has 3 N–H and O–H groups in total. The predicted molar refractivity (Wildman–Crippen MR) is 85.2 cm³/mol. The number of aromatic nitrogens is 1. The molecule has 2 aromatic rings. The molecule has 0 atom stereocenters. The van der Waals surface area contributed by atoms with Crippen molar-refractivity contribution in [2.45, 2.75) is 13.3 Å². The second-order valence-corrected chi connectivity index (χ2v) is 5.36. The fourth-order valence-corrected chi connectivity index (χ4v) is 2.55. The summed E-state index contributed by atoms with van der Waals surface area (Å²) < 4.78 is 4.90. The number of nitrogens with two attached hydrogens (primary N) is 1. The van der Waals surface area contributed by atoms with Crippen LogP contribution in [0.1, 0.15) is 32.8 Å². The largest absolute Gasteiger partial charge is 0.462 e. The standard InChI is InChI=1S/C15H17N3O3S/c1-2-21-15(20)10-3-5-11(6-4-10)17-14(19)12-9-22-13(18-12)7-8-16/h3-6,9H,2,7-8,16H2,1H3,(H,17,19). The van der Waals surface area contributed by atoms with E-state index in [1.807, 2.05) is 0 Å². The van der Waals surface area contributed by atoms with Crippen molar-refractivity contribution in [3.05, 3.63) is 45.9 Å². The summed E-state index contributed by atoms with van der Waals surface area (Å²) in [6.07, 6.45) is 0.659. The zero-order valence-corrected chi connectivity index (χ0v) is 13.0. The van der Waals surface area contributed by atoms with Crippen LogP contribution in [0.15, 0.2) is 29.6 Å². The summed E-state index contributed by atoms with van der Waals surface area (Å²) in [5.41, 5.74) is 6.85. The number of amides is 1. The maximum atomic E-state index is 12.1. The summed E-state index contributed by atoms with van der Waals surface area (Å²) >= 11 is 1.41. The molecule has 0 saturated heterocycles. The SMILES string of the molecule is CCOC(=O)c1ccc(NC(=O)c2csc(CCN)n2)cc1. The van der Waals surface area contributed by atoms with Gasteiger partial charge in [0.15, 0.2) is 0 Å². The molecule has 0 spiro atoms. The maximum absolute atomic E-state index is 12.1. The lowest BCUT2D eigenvalue weighted by atomic mass is 10.2. The first-order chi connectivity index (χ1) is 10.6. The lowest BCUT2D eigenvalue weighted by Gasteiger charge is -2.05. The van der Waals surface area contributed by atoms with Gasteiger partial charge in [-0.05, 0) is 37.7 Å². The minimum atomic E-state index is -0.383. The Balaban J connectivity index is 2.00.